The van der Waals surface area contributed by atoms with Crippen LogP contribution in [0, 0.1) is 0 Å². The van der Waals surface area contributed by atoms with Gasteiger partial charge in [0, 0.05) is 10.9 Å². The van der Waals surface area contributed by atoms with Crippen molar-refractivity contribution >= 4 is 43.8 Å². The largest absolute Gasteiger partial charge is 0.420 e. The molecule has 0 atom stereocenters. The van der Waals surface area contributed by atoms with Crippen LogP contribution < -0.4 is 5.32 Å². The summed E-state index contributed by atoms with van der Waals surface area (Å²) in [7, 11) is -3.84. The average Bonchev–Trinajstić information content (AvgIpc) is 3.38. The summed E-state index contributed by atoms with van der Waals surface area (Å²) >= 11 is 7.30. The summed E-state index contributed by atoms with van der Waals surface area (Å²) in [5.41, 5.74) is 2.09. The van der Waals surface area contributed by atoms with E-state index in [1.165, 1.54) is 11.3 Å². The minimum Gasteiger partial charge on any atom is -0.420 e. The van der Waals surface area contributed by atoms with Crippen LogP contribution >= 0.6 is 22.9 Å². The number of thiazole rings is 1. The molecule has 0 unspecified atom stereocenters. The summed E-state index contributed by atoms with van der Waals surface area (Å²) in [6.07, 6.45) is 0. The number of hydrogen-bond acceptors (Lipinski definition) is 8. The molecule has 0 aliphatic rings. The van der Waals surface area contributed by atoms with Crippen LogP contribution in [-0.2, 0) is 20.4 Å². The number of carbonyl (C=O) groups excluding carboxylic acids is 1. The first-order valence-corrected chi connectivity index (χ1v) is 12.1. The van der Waals surface area contributed by atoms with E-state index < -0.39 is 27.3 Å². The fraction of sp³-hybridized carbons (Fsp3) is 0.100. The van der Waals surface area contributed by atoms with Crippen molar-refractivity contribution in [1.29, 1.82) is 0 Å². The number of carbonyl (C=O) groups is 1. The molecule has 31 heavy (non-hydrogen) atoms. The van der Waals surface area contributed by atoms with E-state index in [-0.39, 0.29) is 11.8 Å². The first kappa shape index (κ1) is 21.2. The number of amides is 1. The van der Waals surface area contributed by atoms with Crippen molar-refractivity contribution in [3.8, 4) is 22.7 Å². The molecular formula is C20H15ClN4O4S2. The summed E-state index contributed by atoms with van der Waals surface area (Å²) in [4.78, 5) is 16.5. The van der Waals surface area contributed by atoms with Crippen molar-refractivity contribution < 1.29 is 17.6 Å². The third-order valence-corrected chi connectivity index (χ3v) is 6.56. The standard InChI is InChI=1S/C20H15ClN4O4S2/c21-15-9-5-4-8-14(15)19-25-24-18(29-19)12-31(27,28)11-17(26)23-20-22-16(10-30-20)13-6-2-1-3-7-13/h1-10H,11-12H2,(H,22,23,26). The van der Waals surface area contributed by atoms with E-state index in [1.807, 2.05) is 30.3 Å². The summed E-state index contributed by atoms with van der Waals surface area (Å²) in [5.74, 6) is -2.01. The van der Waals surface area contributed by atoms with Gasteiger partial charge in [-0.15, -0.1) is 21.5 Å². The fourth-order valence-electron chi connectivity index (χ4n) is 2.72. The highest BCUT2D eigenvalue weighted by Crippen LogP contribution is 2.27. The molecule has 0 aliphatic carbocycles. The maximum absolute atomic E-state index is 12.4. The zero-order chi connectivity index (χ0) is 21.8. The molecule has 0 aliphatic heterocycles. The molecule has 0 bridgehead atoms. The van der Waals surface area contributed by atoms with Gasteiger partial charge >= 0.3 is 0 Å². The normalized spacial score (nSPS) is 11.4. The molecular weight excluding hydrogens is 460 g/mol. The number of anilines is 1. The van der Waals surface area contributed by atoms with Crippen LogP contribution in [-0.4, -0.2) is 35.3 Å². The number of rotatable bonds is 7. The molecule has 0 spiro atoms. The van der Waals surface area contributed by atoms with Crippen molar-refractivity contribution in [2.75, 3.05) is 11.1 Å². The van der Waals surface area contributed by atoms with Crippen LogP contribution in [0.15, 0.2) is 64.4 Å². The van der Waals surface area contributed by atoms with Gasteiger partial charge in [-0.1, -0.05) is 54.1 Å². The summed E-state index contributed by atoms with van der Waals surface area (Å²) in [5, 5.41) is 12.6. The number of nitrogens with zero attached hydrogens (tertiary/aromatic N) is 3. The van der Waals surface area contributed by atoms with E-state index in [2.05, 4.69) is 20.5 Å². The van der Waals surface area contributed by atoms with Gasteiger partial charge in [0.1, 0.15) is 11.5 Å². The number of hydrogen-bond donors (Lipinski definition) is 1. The maximum Gasteiger partial charge on any atom is 0.249 e. The molecule has 2 heterocycles. The first-order valence-electron chi connectivity index (χ1n) is 8.98. The predicted molar refractivity (Wildman–Crippen MR) is 118 cm³/mol. The molecule has 0 saturated heterocycles. The minimum atomic E-state index is -3.84. The number of nitrogens with one attached hydrogen (secondary N) is 1. The third-order valence-electron chi connectivity index (χ3n) is 4.09. The van der Waals surface area contributed by atoms with E-state index in [1.54, 1.807) is 29.6 Å². The second kappa shape index (κ2) is 8.96. The van der Waals surface area contributed by atoms with E-state index in [0.717, 1.165) is 5.56 Å². The quantitative estimate of drug-likeness (QED) is 0.429. The maximum atomic E-state index is 12.4. The highest BCUT2D eigenvalue weighted by molar-refractivity contribution is 7.91. The Kier molecular flexibility index (Phi) is 6.12. The van der Waals surface area contributed by atoms with Gasteiger partial charge in [-0.2, -0.15) is 0 Å². The van der Waals surface area contributed by atoms with E-state index in [4.69, 9.17) is 16.0 Å². The molecule has 2 aromatic carbocycles. The van der Waals surface area contributed by atoms with Crippen LogP contribution in [0.5, 0.6) is 0 Å². The Bertz CT molecular complexity index is 1320. The molecule has 1 amide bonds. The van der Waals surface area contributed by atoms with Crippen molar-refractivity contribution in [2.24, 2.45) is 0 Å². The summed E-state index contributed by atoms with van der Waals surface area (Å²) < 4.78 is 30.2. The van der Waals surface area contributed by atoms with E-state index in [0.29, 0.717) is 21.4 Å². The lowest BCUT2D eigenvalue weighted by molar-refractivity contribution is -0.113. The van der Waals surface area contributed by atoms with Crippen molar-refractivity contribution in [3.63, 3.8) is 0 Å². The van der Waals surface area contributed by atoms with Crippen LogP contribution in [0.25, 0.3) is 22.7 Å². The minimum absolute atomic E-state index is 0.108. The number of halogens is 1. The predicted octanol–water partition coefficient (Wildman–Crippen LogP) is 4.07. The molecule has 4 rings (SSSR count). The highest BCUT2D eigenvalue weighted by atomic mass is 35.5. The monoisotopic (exact) mass is 474 g/mol. The third kappa shape index (κ3) is 5.35. The molecule has 158 valence electrons. The average molecular weight is 475 g/mol. The zero-order valence-corrected chi connectivity index (χ0v) is 18.2. The number of benzene rings is 2. The van der Waals surface area contributed by atoms with Gasteiger partial charge in [-0.25, -0.2) is 13.4 Å². The van der Waals surface area contributed by atoms with Gasteiger partial charge in [0.05, 0.1) is 16.3 Å². The Labute approximate surface area is 186 Å². The van der Waals surface area contributed by atoms with Crippen LogP contribution in [0.2, 0.25) is 5.02 Å². The lowest BCUT2D eigenvalue weighted by atomic mass is 10.2. The second-order valence-corrected chi connectivity index (χ2v) is 9.79. The summed E-state index contributed by atoms with van der Waals surface area (Å²) in [6.45, 7) is 0. The molecule has 4 aromatic rings. The Balaban J connectivity index is 1.39. The van der Waals surface area contributed by atoms with Crippen molar-refractivity contribution in [3.05, 3.63) is 70.9 Å². The van der Waals surface area contributed by atoms with Crippen molar-refractivity contribution in [1.82, 2.24) is 15.2 Å². The van der Waals surface area contributed by atoms with Gasteiger partial charge in [0.2, 0.25) is 17.7 Å². The Morgan fingerprint density at radius 2 is 1.81 bits per heavy atom. The van der Waals surface area contributed by atoms with E-state index >= 15 is 0 Å². The molecule has 2 aromatic heterocycles. The van der Waals surface area contributed by atoms with Crippen molar-refractivity contribution in [2.45, 2.75) is 5.75 Å². The van der Waals surface area contributed by atoms with Crippen LogP contribution in [0.4, 0.5) is 5.13 Å². The lowest BCUT2D eigenvalue weighted by Gasteiger charge is -2.02. The molecule has 0 fully saturated rings. The zero-order valence-electron chi connectivity index (χ0n) is 15.9. The molecule has 0 radical (unpaired) electrons. The second-order valence-electron chi connectivity index (χ2n) is 6.47. The molecule has 11 heteroatoms. The Hall–Kier alpha value is -3.08. The van der Waals surface area contributed by atoms with Gasteiger partial charge in [0.15, 0.2) is 15.0 Å². The molecule has 0 saturated carbocycles. The smallest absolute Gasteiger partial charge is 0.249 e. The number of sulfone groups is 1. The topological polar surface area (TPSA) is 115 Å². The lowest BCUT2D eigenvalue weighted by Crippen LogP contribution is -2.24. The SMILES string of the molecule is O=C(CS(=O)(=O)Cc1nnc(-c2ccccc2Cl)o1)Nc1nc(-c2ccccc2)cs1. The van der Waals surface area contributed by atoms with Crippen LogP contribution in [0.3, 0.4) is 0 Å². The van der Waals surface area contributed by atoms with E-state index in [9.17, 15) is 13.2 Å². The van der Waals surface area contributed by atoms with Gasteiger partial charge < -0.3 is 9.73 Å². The number of aromatic nitrogens is 3. The Morgan fingerprint density at radius 3 is 2.58 bits per heavy atom. The van der Waals surface area contributed by atoms with Gasteiger partial charge in [-0.3, -0.25) is 4.79 Å². The summed E-state index contributed by atoms with van der Waals surface area (Å²) in [6, 6.07) is 16.3. The van der Waals surface area contributed by atoms with Gasteiger partial charge in [-0.05, 0) is 12.1 Å². The van der Waals surface area contributed by atoms with Gasteiger partial charge in [0.25, 0.3) is 0 Å². The molecule has 1 N–H and O–H groups in total. The first-order chi connectivity index (χ1) is 14.9. The van der Waals surface area contributed by atoms with Crippen LogP contribution in [0.1, 0.15) is 5.89 Å². The fourth-order valence-corrected chi connectivity index (χ4v) is 4.74. The molecule has 8 nitrogen and oxygen atoms in total. The Morgan fingerprint density at radius 1 is 1.06 bits per heavy atom. The highest BCUT2D eigenvalue weighted by Gasteiger charge is 2.22.